The fourth-order valence-corrected chi connectivity index (χ4v) is 5.45. The zero-order valence-electron chi connectivity index (χ0n) is 20.1. The molecule has 0 saturated carbocycles. The quantitative estimate of drug-likeness (QED) is 0.255. The highest BCUT2D eigenvalue weighted by Gasteiger charge is 2.38. The normalized spacial score (nSPS) is 14.2. The van der Waals surface area contributed by atoms with Gasteiger partial charge in [-0.15, -0.1) is 5.10 Å². The number of hydrogen-bond donors (Lipinski definition) is 1. The lowest BCUT2D eigenvalue weighted by Gasteiger charge is -2.27. The summed E-state index contributed by atoms with van der Waals surface area (Å²) < 4.78 is 18.6. The van der Waals surface area contributed by atoms with E-state index in [4.69, 9.17) is 42.1 Å². The van der Waals surface area contributed by atoms with Gasteiger partial charge >= 0.3 is 5.63 Å². The smallest absolute Gasteiger partial charge is 0.344 e. The summed E-state index contributed by atoms with van der Waals surface area (Å²) in [5.74, 6) is 0.414. The van der Waals surface area contributed by atoms with Crippen molar-refractivity contribution in [2.75, 3.05) is 7.11 Å². The molecule has 1 aliphatic rings. The topological polar surface area (TPSA) is 112 Å². The molecule has 3 aromatic carbocycles. The second kappa shape index (κ2) is 8.72. The maximum atomic E-state index is 13.5. The average molecular weight is 559 g/mol. The molecule has 1 atom stereocenters. The molecule has 1 N–H and O–H groups in total. The Morgan fingerprint density at radius 1 is 1.05 bits per heavy atom. The van der Waals surface area contributed by atoms with Crippen LogP contribution < -0.4 is 15.1 Å². The Balaban J connectivity index is 1.53. The van der Waals surface area contributed by atoms with Gasteiger partial charge in [0.25, 0.3) is 0 Å². The summed E-state index contributed by atoms with van der Waals surface area (Å²) in [7, 11) is 1.47. The second-order valence-electron chi connectivity index (χ2n) is 8.88. The molecular formula is C28H16Cl2N4O5. The molecule has 192 valence electrons. The molecule has 39 heavy (non-hydrogen) atoms. The van der Waals surface area contributed by atoms with Crippen LogP contribution in [0.15, 0.2) is 76.2 Å². The molecule has 0 radical (unpaired) electrons. The summed E-state index contributed by atoms with van der Waals surface area (Å²) in [6.45, 7) is 0. The molecule has 0 aliphatic carbocycles. The van der Waals surface area contributed by atoms with E-state index in [1.807, 2.05) is 12.1 Å². The van der Waals surface area contributed by atoms with Gasteiger partial charge in [0.05, 0.1) is 29.5 Å². The van der Waals surface area contributed by atoms with E-state index < -0.39 is 11.5 Å². The molecule has 9 nitrogen and oxygen atoms in total. The molecule has 0 spiro atoms. The summed E-state index contributed by atoms with van der Waals surface area (Å²) in [6.07, 6.45) is 1.48. The lowest BCUT2D eigenvalue weighted by atomic mass is 9.84. The fraction of sp³-hybridized carbons (Fsp3) is 0.0714. The first-order valence-electron chi connectivity index (χ1n) is 11.7. The molecule has 6 aromatic rings. The van der Waals surface area contributed by atoms with Crippen LogP contribution in [0.1, 0.15) is 22.6 Å². The minimum absolute atomic E-state index is 0.0541. The third-order valence-electron chi connectivity index (χ3n) is 6.67. The number of fused-ring (bicyclic) bond motifs is 6. The van der Waals surface area contributed by atoms with Gasteiger partial charge in [0.15, 0.2) is 28.7 Å². The molecule has 3 aromatic heterocycles. The van der Waals surface area contributed by atoms with Gasteiger partial charge in [-0.3, -0.25) is 0 Å². The Morgan fingerprint density at radius 3 is 2.69 bits per heavy atom. The number of ether oxygens (including phenoxy) is 2. The van der Waals surface area contributed by atoms with E-state index in [2.05, 4.69) is 10.1 Å². The predicted molar refractivity (Wildman–Crippen MR) is 144 cm³/mol. The largest absolute Gasteiger partial charge is 0.504 e. The van der Waals surface area contributed by atoms with Gasteiger partial charge in [0.1, 0.15) is 11.9 Å². The third kappa shape index (κ3) is 3.62. The van der Waals surface area contributed by atoms with Gasteiger partial charge in [-0.25, -0.2) is 19.3 Å². The lowest BCUT2D eigenvalue weighted by Crippen LogP contribution is -2.22. The average Bonchev–Trinajstić information content (AvgIpc) is 3.37. The first-order valence-corrected chi connectivity index (χ1v) is 12.5. The Hall–Kier alpha value is -4.60. The van der Waals surface area contributed by atoms with Crippen LogP contribution in [-0.4, -0.2) is 31.8 Å². The Labute approximate surface area is 229 Å². The number of aromatic nitrogens is 4. The zero-order valence-corrected chi connectivity index (χ0v) is 21.6. The Morgan fingerprint density at radius 2 is 1.90 bits per heavy atom. The van der Waals surface area contributed by atoms with Crippen LogP contribution in [0, 0.1) is 0 Å². The van der Waals surface area contributed by atoms with E-state index in [0.717, 1.165) is 0 Å². The standard InChI is InChI=1S/C28H16Cl2N4O5/c1-37-20-9-6-13(10-18(20)35)25-32-26-23-21(15-8-7-14(29)11-17(15)30)22-24(39-27(23)31-12-34(26)33-25)16-4-2-3-5-19(16)38-28(22)36/h2-12,21,35H,1H3. The highest BCUT2D eigenvalue weighted by molar-refractivity contribution is 6.35. The molecule has 1 aliphatic heterocycles. The number of rotatable bonds is 3. The van der Waals surface area contributed by atoms with Gasteiger partial charge in [-0.1, -0.05) is 41.4 Å². The molecule has 0 bridgehead atoms. The highest BCUT2D eigenvalue weighted by Crippen LogP contribution is 2.50. The van der Waals surface area contributed by atoms with Crippen molar-refractivity contribution in [3.63, 3.8) is 0 Å². The van der Waals surface area contributed by atoms with Crippen molar-refractivity contribution in [1.29, 1.82) is 0 Å². The summed E-state index contributed by atoms with van der Waals surface area (Å²) in [5.41, 5.74) is 2.08. The number of para-hydroxylation sites is 1. The number of phenolic OH excluding ortho intramolecular Hbond substituents is 1. The summed E-state index contributed by atoms with van der Waals surface area (Å²) in [5, 5.41) is 16.3. The van der Waals surface area contributed by atoms with E-state index in [1.165, 1.54) is 24.0 Å². The molecular weight excluding hydrogens is 543 g/mol. The number of halogens is 2. The summed E-state index contributed by atoms with van der Waals surface area (Å²) in [4.78, 5) is 22.8. The maximum Gasteiger partial charge on any atom is 0.344 e. The van der Waals surface area contributed by atoms with Crippen molar-refractivity contribution in [3.05, 3.63) is 104 Å². The number of benzene rings is 3. The van der Waals surface area contributed by atoms with Crippen molar-refractivity contribution < 1.29 is 19.0 Å². The van der Waals surface area contributed by atoms with Gasteiger partial charge in [0, 0.05) is 15.6 Å². The molecule has 0 amide bonds. The molecule has 4 heterocycles. The van der Waals surface area contributed by atoms with E-state index in [9.17, 15) is 9.90 Å². The van der Waals surface area contributed by atoms with Crippen LogP contribution in [0.25, 0.3) is 28.0 Å². The van der Waals surface area contributed by atoms with E-state index in [-0.39, 0.29) is 17.2 Å². The molecule has 7 rings (SSSR count). The monoisotopic (exact) mass is 558 g/mol. The van der Waals surface area contributed by atoms with Crippen LogP contribution in [0.3, 0.4) is 0 Å². The van der Waals surface area contributed by atoms with Crippen molar-refractivity contribution in [2.45, 2.75) is 5.92 Å². The Bertz CT molecular complexity index is 2020. The predicted octanol–water partition coefficient (Wildman–Crippen LogP) is 6.20. The first kappa shape index (κ1) is 23.5. The number of aromatic hydroxyl groups is 1. The molecule has 0 fully saturated rings. The van der Waals surface area contributed by atoms with Gasteiger partial charge in [-0.2, -0.15) is 0 Å². The van der Waals surface area contributed by atoms with E-state index in [0.29, 0.717) is 60.7 Å². The van der Waals surface area contributed by atoms with Crippen LogP contribution in [0.2, 0.25) is 10.0 Å². The van der Waals surface area contributed by atoms with Gasteiger partial charge in [-0.05, 0) is 48.0 Å². The van der Waals surface area contributed by atoms with E-state index in [1.54, 1.807) is 42.5 Å². The van der Waals surface area contributed by atoms with Crippen molar-refractivity contribution in [2.24, 2.45) is 0 Å². The van der Waals surface area contributed by atoms with Crippen molar-refractivity contribution in [3.8, 4) is 34.5 Å². The van der Waals surface area contributed by atoms with Crippen LogP contribution in [-0.2, 0) is 0 Å². The van der Waals surface area contributed by atoms with E-state index >= 15 is 0 Å². The fourth-order valence-electron chi connectivity index (χ4n) is 4.93. The summed E-state index contributed by atoms with van der Waals surface area (Å²) >= 11 is 12.9. The number of phenols is 1. The number of methoxy groups -OCH3 is 1. The summed E-state index contributed by atoms with van der Waals surface area (Å²) in [6, 6.07) is 17.0. The SMILES string of the molecule is COc1ccc(-c2nc3c4c(ncn3n2)Oc2c(c(=O)oc3ccccc23)C4c2ccc(Cl)cc2Cl)cc1O. The minimum atomic E-state index is -0.758. The Kier molecular flexibility index (Phi) is 5.26. The zero-order chi connectivity index (χ0) is 26.8. The van der Waals surface area contributed by atoms with Crippen LogP contribution in [0.5, 0.6) is 23.1 Å². The maximum absolute atomic E-state index is 13.5. The third-order valence-corrected chi connectivity index (χ3v) is 7.23. The second-order valence-corrected chi connectivity index (χ2v) is 9.73. The minimum Gasteiger partial charge on any atom is -0.504 e. The van der Waals surface area contributed by atoms with Crippen molar-refractivity contribution >= 4 is 39.8 Å². The lowest BCUT2D eigenvalue weighted by molar-refractivity contribution is 0.373. The molecule has 11 heteroatoms. The van der Waals surface area contributed by atoms with Crippen LogP contribution >= 0.6 is 23.2 Å². The van der Waals surface area contributed by atoms with Gasteiger partial charge in [0.2, 0.25) is 5.88 Å². The molecule has 0 saturated heterocycles. The van der Waals surface area contributed by atoms with Gasteiger partial charge < -0.3 is 19.0 Å². The van der Waals surface area contributed by atoms with Crippen LogP contribution in [0.4, 0.5) is 0 Å². The number of hydrogen-bond acceptors (Lipinski definition) is 8. The number of nitrogens with zero attached hydrogens (tertiary/aromatic N) is 4. The van der Waals surface area contributed by atoms with Crippen molar-refractivity contribution in [1.82, 2.24) is 19.6 Å². The highest BCUT2D eigenvalue weighted by atomic mass is 35.5. The first-order chi connectivity index (χ1) is 18.9. The molecule has 1 unspecified atom stereocenters.